The van der Waals surface area contributed by atoms with Gasteiger partial charge in [0, 0.05) is 38.9 Å². The van der Waals surface area contributed by atoms with Gasteiger partial charge in [0.05, 0.1) is 11.0 Å². The molecular formula is C50H34N2. The van der Waals surface area contributed by atoms with Crippen LogP contribution in [0.4, 0.5) is 17.1 Å². The average Bonchev–Trinajstić information content (AvgIpc) is 3.57. The topological polar surface area (TPSA) is 8.17 Å². The smallest absolute Gasteiger partial charge is 0.0619 e. The van der Waals surface area contributed by atoms with Crippen molar-refractivity contribution in [3.05, 3.63) is 206 Å². The molecule has 2 nitrogen and oxygen atoms in total. The van der Waals surface area contributed by atoms with E-state index in [0.717, 1.165) is 22.7 Å². The molecule has 0 saturated heterocycles. The molecule has 244 valence electrons. The average molecular weight is 663 g/mol. The highest BCUT2D eigenvalue weighted by Gasteiger charge is 2.17. The molecule has 0 fully saturated rings. The molecule has 52 heavy (non-hydrogen) atoms. The second-order valence-electron chi connectivity index (χ2n) is 13.4. The molecule has 0 aliphatic heterocycles. The molecule has 1 aromatic heterocycles. The van der Waals surface area contributed by atoms with Crippen molar-refractivity contribution >= 4 is 60.4 Å². The number of fused-ring (bicyclic) bond motifs is 6. The van der Waals surface area contributed by atoms with Crippen LogP contribution < -0.4 is 4.90 Å². The summed E-state index contributed by atoms with van der Waals surface area (Å²) in [5.74, 6) is 0. The van der Waals surface area contributed by atoms with Gasteiger partial charge in [-0.1, -0.05) is 152 Å². The van der Waals surface area contributed by atoms with Crippen molar-refractivity contribution in [2.24, 2.45) is 0 Å². The first-order valence-corrected chi connectivity index (χ1v) is 17.8. The van der Waals surface area contributed by atoms with E-state index in [1.807, 2.05) is 0 Å². The van der Waals surface area contributed by atoms with E-state index in [2.05, 4.69) is 216 Å². The summed E-state index contributed by atoms with van der Waals surface area (Å²) < 4.78 is 2.44. The van der Waals surface area contributed by atoms with E-state index in [4.69, 9.17) is 0 Å². The molecule has 0 N–H and O–H groups in total. The quantitative estimate of drug-likeness (QED) is 0.172. The van der Waals surface area contributed by atoms with Crippen LogP contribution in [0, 0.1) is 0 Å². The molecule has 0 unspecified atom stereocenters. The summed E-state index contributed by atoms with van der Waals surface area (Å²) >= 11 is 0. The fourth-order valence-electron chi connectivity index (χ4n) is 7.82. The van der Waals surface area contributed by atoms with Crippen LogP contribution >= 0.6 is 0 Å². The molecule has 0 bridgehead atoms. The first-order valence-electron chi connectivity index (χ1n) is 17.8. The van der Waals surface area contributed by atoms with Gasteiger partial charge in [-0.15, -0.1) is 0 Å². The largest absolute Gasteiger partial charge is 0.310 e. The third kappa shape index (κ3) is 5.12. The maximum atomic E-state index is 2.44. The minimum absolute atomic E-state index is 1.11. The van der Waals surface area contributed by atoms with Gasteiger partial charge in [-0.05, 0) is 93.0 Å². The lowest BCUT2D eigenvalue weighted by atomic mass is 10.0. The Morgan fingerprint density at radius 3 is 1.63 bits per heavy atom. The van der Waals surface area contributed by atoms with Crippen LogP contribution in [-0.4, -0.2) is 4.57 Å². The van der Waals surface area contributed by atoms with Crippen molar-refractivity contribution in [3.8, 4) is 27.9 Å². The van der Waals surface area contributed by atoms with Gasteiger partial charge in [-0.3, -0.25) is 0 Å². The van der Waals surface area contributed by atoms with E-state index in [1.54, 1.807) is 0 Å². The van der Waals surface area contributed by atoms with Gasteiger partial charge >= 0.3 is 0 Å². The monoisotopic (exact) mass is 662 g/mol. The highest BCUT2D eigenvalue weighted by molar-refractivity contribution is 6.18. The van der Waals surface area contributed by atoms with Gasteiger partial charge in [0.25, 0.3) is 0 Å². The van der Waals surface area contributed by atoms with Crippen molar-refractivity contribution in [3.63, 3.8) is 0 Å². The van der Waals surface area contributed by atoms with Crippen molar-refractivity contribution in [2.75, 3.05) is 4.90 Å². The molecule has 9 aromatic carbocycles. The zero-order valence-corrected chi connectivity index (χ0v) is 28.5. The van der Waals surface area contributed by atoms with Crippen molar-refractivity contribution in [2.45, 2.75) is 0 Å². The van der Waals surface area contributed by atoms with Crippen LogP contribution in [0.5, 0.6) is 0 Å². The van der Waals surface area contributed by atoms with Gasteiger partial charge in [-0.2, -0.15) is 0 Å². The van der Waals surface area contributed by atoms with Gasteiger partial charge in [0.1, 0.15) is 0 Å². The zero-order chi connectivity index (χ0) is 34.4. The van der Waals surface area contributed by atoms with Gasteiger partial charge in [0.15, 0.2) is 0 Å². The predicted octanol–water partition coefficient (Wildman–Crippen LogP) is 13.9. The van der Waals surface area contributed by atoms with Gasteiger partial charge in [-0.25, -0.2) is 0 Å². The third-order valence-corrected chi connectivity index (χ3v) is 10.3. The van der Waals surface area contributed by atoms with E-state index in [-0.39, 0.29) is 0 Å². The van der Waals surface area contributed by atoms with Crippen LogP contribution in [0.15, 0.2) is 206 Å². The first kappa shape index (κ1) is 30.0. The number of rotatable bonds is 6. The number of para-hydroxylation sites is 1. The molecule has 0 amide bonds. The van der Waals surface area contributed by atoms with Gasteiger partial charge in [0.2, 0.25) is 0 Å². The van der Waals surface area contributed by atoms with E-state index in [1.165, 1.54) is 65.6 Å². The lowest BCUT2D eigenvalue weighted by molar-refractivity contribution is 1.19. The third-order valence-electron chi connectivity index (χ3n) is 10.3. The van der Waals surface area contributed by atoms with E-state index >= 15 is 0 Å². The lowest BCUT2D eigenvalue weighted by Crippen LogP contribution is -2.09. The molecule has 0 atom stereocenters. The maximum Gasteiger partial charge on any atom is 0.0619 e. The van der Waals surface area contributed by atoms with Crippen LogP contribution in [0.3, 0.4) is 0 Å². The fourth-order valence-corrected chi connectivity index (χ4v) is 7.82. The maximum absolute atomic E-state index is 2.44. The predicted molar refractivity (Wildman–Crippen MR) is 221 cm³/mol. The van der Waals surface area contributed by atoms with Crippen molar-refractivity contribution in [1.29, 1.82) is 0 Å². The molecule has 0 radical (unpaired) electrons. The lowest BCUT2D eigenvalue weighted by Gasteiger charge is -2.26. The van der Waals surface area contributed by atoms with Crippen molar-refractivity contribution in [1.82, 2.24) is 4.57 Å². The number of benzene rings is 9. The second-order valence-corrected chi connectivity index (χ2v) is 13.4. The Kier molecular flexibility index (Phi) is 7.18. The molecule has 1 heterocycles. The Hall–Kier alpha value is -6.90. The van der Waals surface area contributed by atoms with Gasteiger partial charge < -0.3 is 9.47 Å². The first-order chi connectivity index (χ1) is 25.8. The minimum Gasteiger partial charge on any atom is -0.310 e. The van der Waals surface area contributed by atoms with Crippen molar-refractivity contribution < 1.29 is 0 Å². The Morgan fingerprint density at radius 1 is 0.308 bits per heavy atom. The highest BCUT2D eigenvalue weighted by Crippen LogP contribution is 2.40. The van der Waals surface area contributed by atoms with E-state index < -0.39 is 0 Å². The van der Waals surface area contributed by atoms with E-state index in [9.17, 15) is 0 Å². The molecule has 0 aliphatic rings. The summed E-state index contributed by atoms with van der Waals surface area (Å²) in [6.45, 7) is 0. The Balaban J connectivity index is 1.07. The number of hydrogen-bond donors (Lipinski definition) is 0. The normalized spacial score (nSPS) is 11.5. The summed E-state index contributed by atoms with van der Waals surface area (Å²) in [5.41, 5.74) is 11.7. The molecule has 0 saturated carbocycles. The Morgan fingerprint density at radius 2 is 0.865 bits per heavy atom. The summed E-state index contributed by atoms with van der Waals surface area (Å²) in [6, 6.07) is 74.6. The number of anilines is 3. The second kappa shape index (κ2) is 12.5. The summed E-state index contributed by atoms with van der Waals surface area (Å²) in [5, 5.41) is 7.50. The Bertz CT molecular complexity index is 2880. The van der Waals surface area contributed by atoms with Crippen LogP contribution in [0.25, 0.3) is 71.3 Å². The molecular weight excluding hydrogens is 629 g/mol. The number of nitrogens with zero attached hydrogens (tertiary/aromatic N) is 2. The van der Waals surface area contributed by atoms with Crippen LogP contribution in [0.2, 0.25) is 0 Å². The number of hydrogen-bond acceptors (Lipinski definition) is 1. The molecule has 0 spiro atoms. The molecule has 2 heteroatoms. The van der Waals surface area contributed by atoms with Crippen LogP contribution in [-0.2, 0) is 0 Å². The van der Waals surface area contributed by atoms with Crippen LogP contribution in [0.1, 0.15) is 0 Å². The zero-order valence-electron chi connectivity index (χ0n) is 28.5. The standard InChI is InChI=1S/C50H34N2/c1-2-11-35(12-3-1)37-21-27-42(28-22-37)51(45-31-25-36-13-4-5-15-40(36)34-45)43-29-23-38(24-30-43)41-16-10-17-44(33-41)52-49-20-9-8-19-47(49)48-32-26-39-14-6-7-18-46(39)50(48)52/h1-34H. The highest BCUT2D eigenvalue weighted by atomic mass is 15.1. The minimum atomic E-state index is 1.11. The van der Waals surface area contributed by atoms with E-state index in [0.29, 0.717) is 0 Å². The summed E-state index contributed by atoms with van der Waals surface area (Å²) in [4.78, 5) is 2.35. The fraction of sp³-hybridized carbons (Fsp3) is 0. The number of aromatic nitrogens is 1. The molecule has 10 aromatic rings. The molecule has 10 rings (SSSR count). The summed E-state index contributed by atoms with van der Waals surface area (Å²) in [7, 11) is 0. The summed E-state index contributed by atoms with van der Waals surface area (Å²) in [6.07, 6.45) is 0. The SMILES string of the molecule is c1ccc(-c2ccc(N(c3ccc(-c4cccc(-n5c6ccccc6c6ccc7ccccc7c65)c4)cc3)c3ccc4ccccc4c3)cc2)cc1. The molecule has 0 aliphatic carbocycles. The Labute approximate surface area is 303 Å².